The van der Waals surface area contributed by atoms with E-state index in [1.54, 1.807) is 0 Å². The van der Waals surface area contributed by atoms with Crippen LogP contribution in [0.1, 0.15) is 43.4 Å². The Kier molecular flexibility index (Phi) is 4.50. The van der Waals surface area contributed by atoms with Crippen molar-refractivity contribution in [2.75, 3.05) is 6.54 Å². The Balaban J connectivity index is 1.97. The van der Waals surface area contributed by atoms with Crippen LogP contribution in [0.3, 0.4) is 0 Å². The molecular weight excluding hydrogens is 255 g/mol. The number of aromatic nitrogens is 2. The lowest BCUT2D eigenvalue weighted by molar-refractivity contribution is -0.135. The molecule has 0 radical (unpaired) electrons. The number of aryl methyl sites for hydroxylation is 1. The number of alkyl halides is 3. The van der Waals surface area contributed by atoms with Gasteiger partial charge in [-0.2, -0.15) is 13.2 Å². The van der Waals surface area contributed by atoms with Crippen LogP contribution >= 0.6 is 0 Å². The van der Waals surface area contributed by atoms with E-state index >= 15 is 0 Å². The first-order valence-corrected chi connectivity index (χ1v) is 6.86. The van der Waals surface area contributed by atoms with Crippen molar-refractivity contribution >= 4 is 0 Å². The van der Waals surface area contributed by atoms with Crippen LogP contribution in [0.2, 0.25) is 0 Å². The molecule has 0 aliphatic carbocycles. The van der Waals surface area contributed by atoms with Gasteiger partial charge in [-0.1, -0.05) is 6.92 Å². The number of unbranched alkanes of at least 4 members (excludes halogenated alkanes) is 1. The molecule has 1 aromatic heterocycles. The maximum Gasteiger partial charge on any atom is 0.389 e. The summed E-state index contributed by atoms with van der Waals surface area (Å²) in [6.45, 7) is 4.39. The lowest BCUT2D eigenvalue weighted by Gasteiger charge is -2.16. The van der Waals surface area contributed by atoms with Gasteiger partial charge >= 0.3 is 6.18 Å². The zero-order valence-electron chi connectivity index (χ0n) is 11.2. The number of imidazole rings is 1. The fourth-order valence-electron chi connectivity index (χ4n) is 2.56. The topological polar surface area (TPSA) is 29.9 Å². The number of nitrogens with zero attached hydrogens (tertiary/aromatic N) is 2. The molecule has 0 fully saturated rings. The van der Waals surface area contributed by atoms with Crippen molar-refractivity contribution in [1.82, 2.24) is 14.9 Å². The number of fused-ring (bicyclic) bond motifs is 1. The van der Waals surface area contributed by atoms with E-state index in [0.717, 1.165) is 37.4 Å². The molecular formula is C13H20F3N3. The van der Waals surface area contributed by atoms with Gasteiger partial charge in [-0.15, -0.1) is 0 Å². The van der Waals surface area contributed by atoms with Gasteiger partial charge in [-0.3, -0.25) is 0 Å². The lowest BCUT2D eigenvalue weighted by Crippen LogP contribution is -2.25. The molecule has 0 spiro atoms. The minimum Gasteiger partial charge on any atom is -0.332 e. The van der Waals surface area contributed by atoms with E-state index in [4.69, 9.17) is 0 Å². The Bertz CT molecular complexity index is 424. The van der Waals surface area contributed by atoms with Gasteiger partial charge in [-0.05, 0) is 12.8 Å². The summed E-state index contributed by atoms with van der Waals surface area (Å²) in [5, 5.41) is 3.27. The van der Waals surface area contributed by atoms with Crippen LogP contribution in [0, 0.1) is 0 Å². The van der Waals surface area contributed by atoms with Gasteiger partial charge in [0, 0.05) is 44.6 Å². The number of halogens is 3. The summed E-state index contributed by atoms with van der Waals surface area (Å²) in [7, 11) is 0. The van der Waals surface area contributed by atoms with Crippen molar-refractivity contribution in [3.8, 4) is 0 Å². The number of nitrogens with one attached hydrogen (secondary N) is 1. The molecule has 6 heteroatoms. The Hall–Kier alpha value is -1.04. The van der Waals surface area contributed by atoms with E-state index in [2.05, 4.69) is 14.9 Å². The van der Waals surface area contributed by atoms with Crippen LogP contribution in [0.5, 0.6) is 0 Å². The predicted octanol–water partition coefficient (Wildman–Crippen LogP) is 2.82. The second kappa shape index (κ2) is 5.94. The van der Waals surface area contributed by atoms with Crippen LogP contribution < -0.4 is 5.32 Å². The zero-order chi connectivity index (χ0) is 13.9. The van der Waals surface area contributed by atoms with Gasteiger partial charge in [0.15, 0.2) is 0 Å². The molecule has 0 atom stereocenters. The van der Waals surface area contributed by atoms with Crippen LogP contribution in [-0.2, 0) is 25.9 Å². The Morgan fingerprint density at radius 1 is 1.32 bits per heavy atom. The minimum absolute atomic E-state index is 0.192. The third kappa shape index (κ3) is 3.72. The molecule has 1 aromatic rings. The predicted molar refractivity (Wildman–Crippen MR) is 66.9 cm³/mol. The first kappa shape index (κ1) is 14.4. The van der Waals surface area contributed by atoms with Crippen molar-refractivity contribution in [2.45, 2.75) is 58.3 Å². The Labute approximate surface area is 111 Å². The Morgan fingerprint density at radius 3 is 2.79 bits per heavy atom. The highest BCUT2D eigenvalue weighted by Gasteiger charge is 2.26. The molecule has 1 aliphatic rings. The highest BCUT2D eigenvalue weighted by molar-refractivity contribution is 5.20. The van der Waals surface area contributed by atoms with Crippen molar-refractivity contribution in [1.29, 1.82) is 0 Å². The molecule has 1 N–H and O–H groups in total. The monoisotopic (exact) mass is 275 g/mol. The number of hydrogen-bond acceptors (Lipinski definition) is 2. The van der Waals surface area contributed by atoms with Gasteiger partial charge in [0.25, 0.3) is 0 Å². The van der Waals surface area contributed by atoms with Crippen LogP contribution in [0.15, 0.2) is 0 Å². The highest BCUT2D eigenvalue weighted by Crippen LogP contribution is 2.23. The van der Waals surface area contributed by atoms with Gasteiger partial charge < -0.3 is 9.88 Å². The standard InChI is InChI=1S/C13H20F3N3/c1-2-12-18-10-9-17-7-5-11(10)19(12)8-4-3-6-13(14,15)16/h17H,2-9H2,1H3. The van der Waals surface area contributed by atoms with Crippen LogP contribution in [0.25, 0.3) is 0 Å². The molecule has 108 valence electrons. The third-order valence-corrected chi connectivity index (χ3v) is 3.47. The molecule has 19 heavy (non-hydrogen) atoms. The fraction of sp³-hybridized carbons (Fsp3) is 0.769. The molecule has 0 bridgehead atoms. The third-order valence-electron chi connectivity index (χ3n) is 3.47. The molecule has 0 amide bonds. The lowest BCUT2D eigenvalue weighted by atomic mass is 10.1. The maximum atomic E-state index is 12.1. The van der Waals surface area contributed by atoms with E-state index in [1.165, 1.54) is 5.69 Å². The van der Waals surface area contributed by atoms with E-state index in [1.807, 2.05) is 6.92 Å². The zero-order valence-corrected chi connectivity index (χ0v) is 11.2. The highest BCUT2D eigenvalue weighted by atomic mass is 19.4. The van der Waals surface area contributed by atoms with Crippen molar-refractivity contribution in [3.63, 3.8) is 0 Å². The molecule has 0 saturated carbocycles. The van der Waals surface area contributed by atoms with Crippen molar-refractivity contribution in [2.24, 2.45) is 0 Å². The summed E-state index contributed by atoms with van der Waals surface area (Å²) in [4.78, 5) is 4.57. The van der Waals surface area contributed by atoms with Crippen molar-refractivity contribution in [3.05, 3.63) is 17.2 Å². The molecule has 3 nitrogen and oxygen atoms in total. The van der Waals surface area contributed by atoms with Gasteiger partial charge in [0.05, 0.1) is 5.69 Å². The van der Waals surface area contributed by atoms with Crippen LogP contribution in [0.4, 0.5) is 13.2 Å². The summed E-state index contributed by atoms with van der Waals surface area (Å²) in [5.41, 5.74) is 2.28. The summed E-state index contributed by atoms with van der Waals surface area (Å²) >= 11 is 0. The average Bonchev–Trinajstić information content (AvgIpc) is 2.71. The smallest absolute Gasteiger partial charge is 0.332 e. The van der Waals surface area contributed by atoms with E-state index < -0.39 is 12.6 Å². The van der Waals surface area contributed by atoms with Gasteiger partial charge in [-0.25, -0.2) is 4.98 Å². The second-order valence-corrected chi connectivity index (χ2v) is 4.93. The summed E-state index contributed by atoms with van der Waals surface area (Å²) in [6, 6.07) is 0. The molecule has 2 heterocycles. The van der Waals surface area contributed by atoms with Gasteiger partial charge in [0.2, 0.25) is 0 Å². The first-order valence-electron chi connectivity index (χ1n) is 6.86. The van der Waals surface area contributed by atoms with E-state index in [-0.39, 0.29) is 6.42 Å². The molecule has 0 aromatic carbocycles. The number of hydrogen-bond donors (Lipinski definition) is 1. The van der Waals surface area contributed by atoms with E-state index in [0.29, 0.717) is 13.0 Å². The largest absolute Gasteiger partial charge is 0.389 e. The normalized spacial score (nSPS) is 15.6. The molecule has 0 unspecified atom stereocenters. The van der Waals surface area contributed by atoms with Gasteiger partial charge in [0.1, 0.15) is 5.82 Å². The van der Waals surface area contributed by atoms with E-state index in [9.17, 15) is 13.2 Å². The fourth-order valence-corrected chi connectivity index (χ4v) is 2.56. The summed E-state index contributed by atoms with van der Waals surface area (Å²) < 4.78 is 38.5. The van der Waals surface area contributed by atoms with Crippen molar-refractivity contribution < 1.29 is 13.2 Å². The minimum atomic E-state index is -4.04. The number of rotatable bonds is 5. The summed E-state index contributed by atoms with van der Waals surface area (Å²) in [6.07, 6.45) is -2.23. The Morgan fingerprint density at radius 2 is 2.11 bits per heavy atom. The molecule has 1 aliphatic heterocycles. The molecule has 0 saturated heterocycles. The quantitative estimate of drug-likeness (QED) is 0.837. The maximum absolute atomic E-state index is 12.1. The second-order valence-electron chi connectivity index (χ2n) is 4.93. The summed E-state index contributed by atoms with van der Waals surface area (Å²) in [5.74, 6) is 1.00. The first-order chi connectivity index (χ1) is 9.01. The van der Waals surface area contributed by atoms with Crippen LogP contribution in [-0.4, -0.2) is 22.3 Å². The average molecular weight is 275 g/mol. The SMILES string of the molecule is CCc1nc2c(n1CCCCC(F)(F)F)CCNC2. The molecule has 2 rings (SSSR count).